The molecule has 1 fully saturated rings. The minimum Gasteiger partial charge on any atom is -0.391 e. The molecular formula is C34H63N7O14. The molecule has 21 heteroatoms. The van der Waals surface area contributed by atoms with Crippen molar-refractivity contribution in [3.63, 3.8) is 0 Å². The van der Waals surface area contributed by atoms with E-state index in [1.807, 2.05) is 0 Å². The van der Waals surface area contributed by atoms with Gasteiger partial charge in [-0.3, -0.25) is 9.36 Å². The minimum atomic E-state index is -0.735. The molecule has 0 aliphatic carbocycles. The molecule has 55 heavy (non-hydrogen) atoms. The maximum Gasteiger partial charge on any atom is 0.268 e. The second-order valence-corrected chi connectivity index (χ2v) is 12.2. The van der Waals surface area contributed by atoms with Gasteiger partial charge in [-0.05, 0) is 6.92 Å². The van der Waals surface area contributed by atoms with Gasteiger partial charge in [-0.2, -0.15) is 5.10 Å². The van der Waals surface area contributed by atoms with Crippen molar-refractivity contribution in [1.29, 1.82) is 0 Å². The van der Waals surface area contributed by atoms with Crippen molar-refractivity contribution < 1.29 is 66.7 Å². The normalized spacial score (nSPS) is 20.3. The molecule has 3 rings (SSSR count). The molecule has 0 aromatic carbocycles. The predicted molar refractivity (Wildman–Crippen MR) is 196 cm³/mol. The van der Waals surface area contributed by atoms with Gasteiger partial charge in [0.25, 0.3) is 5.91 Å². The summed E-state index contributed by atoms with van der Waals surface area (Å²) in [5.74, 6) is -0.243. The van der Waals surface area contributed by atoms with Gasteiger partial charge >= 0.3 is 0 Å². The molecule has 2 aliphatic heterocycles. The monoisotopic (exact) mass is 793 g/mol. The zero-order valence-corrected chi connectivity index (χ0v) is 32.1. The van der Waals surface area contributed by atoms with Crippen LogP contribution in [0.2, 0.25) is 0 Å². The first-order valence-electron chi connectivity index (χ1n) is 18.8. The lowest BCUT2D eigenvalue weighted by Gasteiger charge is -2.22. The first-order valence-corrected chi connectivity index (χ1v) is 18.8. The maximum atomic E-state index is 13.0. The van der Waals surface area contributed by atoms with Crippen LogP contribution in [0, 0.1) is 0 Å². The molecule has 4 atom stereocenters. The molecular weight excluding hydrogens is 730 g/mol. The Bertz CT molecular complexity index is 1170. The van der Waals surface area contributed by atoms with E-state index in [9.17, 15) is 9.90 Å². The smallest absolute Gasteiger partial charge is 0.268 e. The van der Waals surface area contributed by atoms with E-state index in [0.717, 1.165) is 0 Å². The number of anilines is 1. The fourth-order valence-electron chi connectivity index (χ4n) is 5.12. The fraction of sp³-hybridized carbons (Fsp3) is 0.853. The van der Waals surface area contributed by atoms with Crippen molar-refractivity contribution in [3.05, 3.63) is 12.0 Å². The number of aliphatic hydroxyl groups is 1. The summed E-state index contributed by atoms with van der Waals surface area (Å²) in [6.45, 7) is 11.0. The van der Waals surface area contributed by atoms with Crippen molar-refractivity contribution in [3.8, 4) is 0 Å². The Morgan fingerprint density at radius 2 is 1.15 bits per heavy atom. The fourth-order valence-corrected chi connectivity index (χ4v) is 5.12. The molecule has 1 amide bonds. The highest BCUT2D eigenvalue weighted by Gasteiger charge is 2.41. The van der Waals surface area contributed by atoms with Crippen LogP contribution in [-0.4, -0.2) is 202 Å². The molecule has 0 radical (unpaired) electrons. The minimum absolute atomic E-state index is 0.0340. The third kappa shape index (κ3) is 19.4. The number of amidine groups is 1. The molecule has 1 aromatic heterocycles. The first-order chi connectivity index (χ1) is 26.9. The van der Waals surface area contributed by atoms with Gasteiger partial charge in [-0.25, -0.2) is 9.99 Å². The SMILES string of the molecule is C[C@H](O)C1C[C@H]2OCC(=O)N(CCOCCOCCOCCOCCOCCOCCOCCOCCOCCOCCN)/N=C(/N)c3ncn(c3N)[C@@H]2O1. The number of carbonyl (C=O) groups excluding carboxylic acids is 1. The van der Waals surface area contributed by atoms with Crippen molar-refractivity contribution in [2.45, 2.75) is 37.9 Å². The van der Waals surface area contributed by atoms with Crippen molar-refractivity contribution in [2.24, 2.45) is 16.6 Å². The molecule has 0 saturated carbocycles. The summed E-state index contributed by atoms with van der Waals surface area (Å²) >= 11 is 0. The van der Waals surface area contributed by atoms with Crippen LogP contribution in [0.4, 0.5) is 5.82 Å². The summed E-state index contributed by atoms with van der Waals surface area (Å²) in [4.78, 5) is 17.3. The number of ether oxygens (including phenoxy) is 12. The number of aromatic nitrogens is 2. The van der Waals surface area contributed by atoms with Crippen LogP contribution in [0.3, 0.4) is 0 Å². The van der Waals surface area contributed by atoms with Crippen LogP contribution in [0.1, 0.15) is 25.3 Å². The first kappa shape index (κ1) is 46.8. The maximum absolute atomic E-state index is 13.0. The molecule has 2 aliphatic rings. The van der Waals surface area contributed by atoms with E-state index < -0.39 is 30.4 Å². The van der Waals surface area contributed by atoms with E-state index in [4.69, 9.17) is 74.0 Å². The number of nitrogen functional groups attached to an aromatic ring is 1. The Morgan fingerprint density at radius 3 is 1.56 bits per heavy atom. The molecule has 318 valence electrons. The molecule has 21 nitrogen and oxygen atoms in total. The van der Waals surface area contributed by atoms with Crippen molar-refractivity contribution in [2.75, 3.05) is 158 Å². The van der Waals surface area contributed by atoms with E-state index in [-0.39, 0.29) is 37.1 Å². The van der Waals surface area contributed by atoms with E-state index in [1.54, 1.807) is 11.5 Å². The number of hydrogen-bond acceptors (Lipinski definition) is 19. The molecule has 2 bridgehead atoms. The van der Waals surface area contributed by atoms with Gasteiger partial charge in [0.15, 0.2) is 12.1 Å². The molecule has 0 spiro atoms. The van der Waals surface area contributed by atoms with Crippen LogP contribution in [0.25, 0.3) is 0 Å². The highest BCUT2D eigenvalue weighted by Crippen LogP contribution is 2.35. The third-order valence-corrected chi connectivity index (χ3v) is 7.98. The summed E-state index contributed by atoms with van der Waals surface area (Å²) in [7, 11) is 0. The molecule has 3 heterocycles. The standard InChI is InChI=1S/C34H63N7O14/c1-27(42)28-24-29-34(55-28)40-26-38-31(33(40)37)32(36)39-41(30(43)25-54-29)3-5-45-7-9-47-11-13-49-15-17-51-19-21-53-23-22-52-20-18-50-16-14-48-12-10-46-8-6-44-4-2-35/h26-29,34,42H,2-25,35,37H2,1H3,(H2,36,39)/t27-,28?,29+,34+/m0/s1. The van der Waals surface area contributed by atoms with Gasteiger partial charge in [0, 0.05) is 13.0 Å². The van der Waals surface area contributed by atoms with Crippen LogP contribution < -0.4 is 17.2 Å². The Hall–Kier alpha value is -2.61. The average molecular weight is 794 g/mol. The van der Waals surface area contributed by atoms with Gasteiger partial charge < -0.3 is 79.1 Å². The van der Waals surface area contributed by atoms with Crippen LogP contribution >= 0.6 is 0 Å². The third-order valence-electron chi connectivity index (χ3n) is 7.98. The average Bonchev–Trinajstić information content (AvgIpc) is 3.78. The number of nitrogens with zero attached hydrogens (tertiary/aromatic N) is 4. The van der Waals surface area contributed by atoms with E-state index in [1.165, 1.54) is 11.3 Å². The Balaban J connectivity index is 1.08. The Morgan fingerprint density at radius 1 is 0.727 bits per heavy atom. The molecule has 1 unspecified atom stereocenters. The quantitative estimate of drug-likeness (QED) is 0.0567. The van der Waals surface area contributed by atoms with E-state index in [2.05, 4.69) is 10.1 Å². The summed E-state index contributed by atoms with van der Waals surface area (Å²) in [6.07, 6.45) is -0.588. The second-order valence-electron chi connectivity index (χ2n) is 12.2. The highest BCUT2D eigenvalue weighted by atomic mass is 16.6. The second kappa shape index (κ2) is 29.6. The van der Waals surface area contributed by atoms with Crippen molar-refractivity contribution >= 4 is 17.6 Å². The number of hydrazone groups is 1. The largest absolute Gasteiger partial charge is 0.391 e. The van der Waals surface area contributed by atoms with Gasteiger partial charge in [-0.15, -0.1) is 0 Å². The summed E-state index contributed by atoms with van der Waals surface area (Å²) in [5.41, 5.74) is 18.0. The van der Waals surface area contributed by atoms with Gasteiger partial charge in [-0.1, -0.05) is 0 Å². The van der Waals surface area contributed by atoms with E-state index in [0.29, 0.717) is 138 Å². The van der Waals surface area contributed by atoms with Crippen LogP contribution in [0.5, 0.6) is 0 Å². The van der Waals surface area contributed by atoms with Crippen LogP contribution in [-0.2, 0) is 61.6 Å². The summed E-state index contributed by atoms with van der Waals surface area (Å²) in [6, 6.07) is 0. The van der Waals surface area contributed by atoms with Gasteiger partial charge in [0.1, 0.15) is 24.2 Å². The lowest BCUT2D eigenvalue weighted by Crippen LogP contribution is -2.36. The number of imidazole rings is 1. The molecule has 7 N–H and O–H groups in total. The number of aliphatic hydroxyl groups excluding tert-OH is 1. The predicted octanol–water partition coefficient (Wildman–Crippen LogP) is -1.89. The number of fused-ring (bicyclic) bond motifs is 4. The lowest BCUT2D eigenvalue weighted by molar-refractivity contribution is -0.142. The summed E-state index contributed by atoms with van der Waals surface area (Å²) < 4.78 is 68.1. The molecule has 1 aromatic rings. The zero-order chi connectivity index (χ0) is 39.4. The Labute approximate surface area is 322 Å². The lowest BCUT2D eigenvalue weighted by atomic mass is 10.1. The number of hydrogen-bond donors (Lipinski definition) is 4. The topological polar surface area (TPSA) is 260 Å². The Kier molecular flexibility index (Phi) is 25.2. The van der Waals surface area contributed by atoms with E-state index >= 15 is 0 Å². The molecule has 1 saturated heterocycles. The van der Waals surface area contributed by atoms with Crippen LogP contribution in [0.15, 0.2) is 11.4 Å². The van der Waals surface area contributed by atoms with Crippen molar-refractivity contribution in [1.82, 2.24) is 14.6 Å². The number of nitrogens with two attached hydrogens (primary N) is 3. The number of amides is 1. The van der Waals surface area contributed by atoms with Gasteiger partial charge in [0.2, 0.25) is 0 Å². The number of carbonyl (C=O) groups is 1. The highest BCUT2D eigenvalue weighted by molar-refractivity contribution is 6.00. The summed E-state index contributed by atoms with van der Waals surface area (Å²) in [5, 5.41) is 15.5. The number of rotatable bonds is 33. The zero-order valence-electron chi connectivity index (χ0n) is 32.1. The van der Waals surface area contributed by atoms with Gasteiger partial charge in [0.05, 0.1) is 157 Å².